The van der Waals surface area contributed by atoms with Crippen molar-refractivity contribution in [3.63, 3.8) is 0 Å². The van der Waals surface area contributed by atoms with E-state index >= 15 is 0 Å². The number of fused-ring (bicyclic) bond motifs is 1. The third kappa shape index (κ3) is 4.33. The molecule has 33 heavy (non-hydrogen) atoms. The number of hydrogen-bond acceptors (Lipinski definition) is 5. The molecule has 7 nitrogen and oxygen atoms in total. The van der Waals surface area contributed by atoms with E-state index in [-0.39, 0.29) is 36.5 Å². The Balaban J connectivity index is 1.22. The quantitative estimate of drug-likeness (QED) is 0.565. The Morgan fingerprint density at radius 3 is 2.45 bits per heavy atom. The molecule has 0 radical (unpaired) electrons. The minimum absolute atomic E-state index is 0.0154. The molecule has 2 fully saturated rings. The predicted octanol–water partition coefficient (Wildman–Crippen LogP) is 2.54. The van der Waals surface area contributed by atoms with Crippen LogP contribution < -0.4 is 5.32 Å². The molecule has 3 aliphatic heterocycles. The minimum atomic E-state index is -0.643. The van der Waals surface area contributed by atoms with Crippen LogP contribution >= 0.6 is 0 Å². The van der Waals surface area contributed by atoms with Crippen molar-refractivity contribution in [2.45, 2.75) is 44.8 Å². The second-order valence-electron chi connectivity index (χ2n) is 9.17. The zero-order valence-corrected chi connectivity index (χ0v) is 18.5. The van der Waals surface area contributed by atoms with Crippen molar-refractivity contribution in [2.24, 2.45) is 5.92 Å². The highest BCUT2D eigenvalue weighted by Crippen LogP contribution is 2.30. The first-order chi connectivity index (χ1) is 16.0. The van der Waals surface area contributed by atoms with Gasteiger partial charge in [-0.15, -0.1) is 0 Å². The minimum Gasteiger partial charge on any atom is -0.322 e. The van der Waals surface area contributed by atoms with Crippen molar-refractivity contribution in [1.29, 1.82) is 0 Å². The van der Waals surface area contributed by atoms with Crippen LogP contribution in [0, 0.1) is 5.92 Å². The van der Waals surface area contributed by atoms with Gasteiger partial charge in [0.25, 0.3) is 5.91 Å². The Labute approximate surface area is 192 Å². The maximum absolute atomic E-state index is 13.2. The fourth-order valence-corrected chi connectivity index (χ4v) is 5.16. The van der Waals surface area contributed by atoms with Gasteiger partial charge >= 0.3 is 0 Å². The Bertz CT molecular complexity index is 1110. The van der Waals surface area contributed by atoms with Crippen LogP contribution in [0.4, 0.5) is 0 Å². The summed E-state index contributed by atoms with van der Waals surface area (Å²) in [5, 5.41) is 2.32. The zero-order chi connectivity index (χ0) is 22.9. The summed E-state index contributed by atoms with van der Waals surface area (Å²) in [6.07, 6.45) is 2.20. The first-order valence-electron chi connectivity index (χ1n) is 11.6. The lowest BCUT2D eigenvalue weighted by atomic mass is 9.88. The summed E-state index contributed by atoms with van der Waals surface area (Å²) in [5.41, 5.74) is 3.23. The van der Waals surface area contributed by atoms with Gasteiger partial charge in [-0.25, -0.2) is 0 Å². The van der Waals surface area contributed by atoms with E-state index in [0.29, 0.717) is 17.5 Å². The third-order valence-electron chi connectivity index (χ3n) is 7.02. The number of carbonyl (C=O) groups is 4. The normalized spacial score (nSPS) is 21.8. The Hall–Kier alpha value is -3.32. The molecule has 1 unspecified atom stereocenters. The Morgan fingerprint density at radius 2 is 1.73 bits per heavy atom. The fourth-order valence-electron chi connectivity index (χ4n) is 5.16. The largest absolute Gasteiger partial charge is 0.322 e. The van der Waals surface area contributed by atoms with Gasteiger partial charge in [0.2, 0.25) is 11.8 Å². The molecule has 2 aromatic rings. The highest BCUT2D eigenvalue weighted by Gasteiger charge is 2.39. The van der Waals surface area contributed by atoms with E-state index in [4.69, 9.17) is 0 Å². The summed E-state index contributed by atoms with van der Waals surface area (Å²) in [5.74, 6) is -0.829. The van der Waals surface area contributed by atoms with Crippen LogP contribution in [0.5, 0.6) is 0 Å². The molecule has 170 valence electrons. The van der Waals surface area contributed by atoms with Gasteiger partial charge in [0, 0.05) is 36.6 Å². The number of benzene rings is 2. The summed E-state index contributed by atoms with van der Waals surface area (Å²) >= 11 is 0. The predicted molar refractivity (Wildman–Crippen MR) is 121 cm³/mol. The lowest BCUT2D eigenvalue weighted by molar-refractivity contribution is -0.136. The number of hydrogen-bond donors (Lipinski definition) is 1. The number of nitrogens with one attached hydrogen (secondary N) is 1. The van der Waals surface area contributed by atoms with E-state index < -0.39 is 11.9 Å². The number of ketones is 1. The lowest BCUT2D eigenvalue weighted by Gasteiger charge is -2.31. The number of rotatable bonds is 5. The topological polar surface area (TPSA) is 86.8 Å². The van der Waals surface area contributed by atoms with Gasteiger partial charge in [0.15, 0.2) is 5.78 Å². The molecule has 3 aliphatic rings. The fraction of sp³-hybridized carbons (Fsp3) is 0.385. The average molecular weight is 446 g/mol. The van der Waals surface area contributed by atoms with E-state index in [2.05, 4.69) is 22.3 Å². The summed E-state index contributed by atoms with van der Waals surface area (Å²) in [6.45, 7) is 2.96. The third-order valence-corrected chi connectivity index (χ3v) is 7.02. The van der Waals surface area contributed by atoms with Crippen molar-refractivity contribution < 1.29 is 19.2 Å². The second-order valence-corrected chi connectivity index (χ2v) is 9.17. The van der Waals surface area contributed by atoms with Crippen molar-refractivity contribution in [3.05, 3.63) is 70.8 Å². The van der Waals surface area contributed by atoms with Crippen LogP contribution in [0.1, 0.15) is 57.5 Å². The number of likely N-dealkylation sites (tertiary alicyclic amines) is 1. The monoisotopic (exact) mass is 445 g/mol. The van der Waals surface area contributed by atoms with E-state index in [1.54, 1.807) is 12.1 Å². The number of amides is 3. The standard InChI is InChI=1S/C26H27N3O4/c30-23-9-8-22(25(32)27-23)29-16-20-14-19(6-7-21(20)26(29)33)24(31)18-10-12-28(13-11-18)15-17-4-2-1-3-5-17/h1-7,14,18,22H,8-13,15-16H2,(H,27,30,32). The zero-order valence-electron chi connectivity index (χ0n) is 18.5. The summed E-state index contributed by atoms with van der Waals surface area (Å²) in [7, 11) is 0. The average Bonchev–Trinajstić information content (AvgIpc) is 3.15. The molecular formula is C26H27N3O4. The molecule has 1 N–H and O–H groups in total. The van der Waals surface area contributed by atoms with Crippen LogP contribution in [-0.2, 0) is 22.7 Å². The van der Waals surface area contributed by atoms with Crippen LogP contribution in [0.2, 0.25) is 0 Å². The lowest BCUT2D eigenvalue weighted by Crippen LogP contribution is -2.52. The number of piperidine rings is 2. The highest BCUT2D eigenvalue weighted by molar-refractivity contribution is 6.06. The number of carbonyl (C=O) groups excluding carboxylic acids is 4. The van der Waals surface area contributed by atoms with Gasteiger partial charge in [-0.2, -0.15) is 0 Å². The van der Waals surface area contributed by atoms with E-state index in [0.717, 1.165) is 38.0 Å². The van der Waals surface area contributed by atoms with E-state index in [1.165, 1.54) is 10.5 Å². The van der Waals surface area contributed by atoms with Crippen molar-refractivity contribution in [2.75, 3.05) is 13.1 Å². The van der Waals surface area contributed by atoms with Crippen LogP contribution in [0.25, 0.3) is 0 Å². The smallest absolute Gasteiger partial charge is 0.255 e. The SMILES string of the molecule is O=C1CCC(N2Cc3cc(C(=O)C4CCN(Cc5ccccc5)CC4)ccc3C2=O)C(=O)N1. The van der Waals surface area contributed by atoms with Crippen LogP contribution in [-0.4, -0.2) is 52.4 Å². The molecule has 7 heteroatoms. The molecule has 3 amide bonds. The van der Waals surface area contributed by atoms with E-state index in [9.17, 15) is 19.2 Å². The summed E-state index contributed by atoms with van der Waals surface area (Å²) < 4.78 is 0. The van der Waals surface area contributed by atoms with Crippen LogP contribution in [0.15, 0.2) is 48.5 Å². The maximum atomic E-state index is 13.2. The van der Waals surface area contributed by atoms with Gasteiger partial charge in [-0.1, -0.05) is 36.4 Å². The molecule has 0 saturated carbocycles. The van der Waals surface area contributed by atoms with Gasteiger partial charge in [-0.3, -0.25) is 29.4 Å². The van der Waals surface area contributed by atoms with Crippen molar-refractivity contribution >= 4 is 23.5 Å². The molecule has 2 saturated heterocycles. The molecule has 0 bridgehead atoms. The van der Waals surface area contributed by atoms with Gasteiger partial charge < -0.3 is 4.90 Å². The molecule has 1 atom stereocenters. The summed E-state index contributed by atoms with van der Waals surface area (Å²) in [4.78, 5) is 53.6. The van der Waals surface area contributed by atoms with Gasteiger partial charge in [0.1, 0.15) is 6.04 Å². The number of imide groups is 1. The van der Waals surface area contributed by atoms with Gasteiger partial charge in [-0.05, 0) is 55.6 Å². The second kappa shape index (κ2) is 8.90. The number of nitrogens with zero attached hydrogens (tertiary/aromatic N) is 2. The molecule has 3 heterocycles. The number of Topliss-reactive ketones (excluding diaryl/α,β-unsaturated/α-hetero) is 1. The molecule has 0 spiro atoms. The van der Waals surface area contributed by atoms with Crippen molar-refractivity contribution in [1.82, 2.24) is 15.1 Å². The molecule has 0 aromatic heterocycles. The van der Waals surface area contributed by atoms with Crippen LogP contribution in [0.3, 0.4) is 0 Å². The van der Waals surface area contributed by atoms with Crippen molar-refractivity contribution in [3.8, 4) is 0 Å². The summed E-state index contributed by atoms with van der Waals surface area (Å²) in [6, 6.07) is 15.0. The molecule has 2 aromatic carbocycles. The first kappa shape index (κ1) is 21.5. The van der Waals surface area contributed by atoms with E-state index in [1.807, 2.05) is 24.3 Å². The van der Waals surface area contributed by atoms with Gasteiger partial charge in [0.05, 0.1) is 0 Å². The maximum Gasteiger partial charge on any atom is 0.255 e. The Kier molecular flexibility index (Phi) is 5.81. The molecular weight excluding hydrogens is 418 g/mol. The molecule has 5 rings (SSSR count). The molecule has 0 aliphatic carbocycles. The highest BCUT2D eigenvalue weighted by atomic mass is 16.2. The first-order valence-corrected chi connectivity index (χ1v) is 11.6. The Morgan fingerprint density at radius 1 is 0.970 bits per heavy atom.